The quantitative estimate of drug-likeness (QED) is 0.603. The Labute approximate surface area is 95.9 Å². The van der Waals surface area contributed by atoms with E-state index in [1.807, 2.05) is 6.92 Å². The van der Waals surface area contributed by atoms with Crippen molar-refractivity contribution < 1.29 is 9.59 Å². The van der Waals surface area contributed by atoms with Crippen LogP contribution >= 0.6 is 0 Å². The highest BCUT2D eigenvalue weighted by atomic mass is 16.1. The predicted molar refractivity (Wildman–Crippen MR) is 61.3 cm³/mol. The van der Waals surface area contributed by atoms with Crippen molar-refractivity contribution in [2.75, 3.05) is 6.54 Å². The average molecular weight is 227 g/mol. The van der Waals surface area contributed by atoms with Crippen LogP contribution in [-0.2, 0) is 9.59 Å². The Balaban J connectivity index is 2.22. The second kappa shape index (κ2) is 5.84. The van der Waals surface area contributed by atoms with Crippen LogP contribution in [0, 0.1) is 11.8 Å². The van der Waals surface area contributed by atoms with E-state index in [4.69, 9.17) is 11.5 Å². The van der Waals surface area contributed by atoms with Crippen LogP contribution in [0.2, 0.25) is 0 Å². The molecule has 92 valence electrons. The molecular formula is C11H21N3O2. The first-order chi connectivity index (χ1) is 7.50. The first-order valence-corrected chi connectivity index (χ1v) is 5.82. The number of hydrogen-bond acceptors (Lipinski definition) is 3. The van der Waals surface area contributed by atoms with Crippen LogP contribution in [0.1, 0.15) is 32.6 Å². The van der Waals surface area contributed by atoms with E-state index in [2.05, 4.69) is 5.32 Å². The SMILES string of the molecule is CC(CNC1CCC(C(N)=O)CC1)C(N)=O. The molecule has 1 aliphatic carbocycles. The lowest BCUT2D eigenvalue weighted by Gasteiger charge is -2.28. The molecule has 1 unspecified atom stereocenters. The lowest BCUT2D eigenvalue weighted by Crippen LogP contribution is -2.40. The zero-order valence-corrected chi connectivity index (χ0v) is 9.74. The van der Waals surface area contributed by atoms with E-state index in [1.54, 1.807) is 0 Å². The fourth-order valence-corrected chi connectivity index (χ4v) is 2.03. The molecule has 1 aliphatic rings. The molecule has 1 saturated carbocycles. The van der Waals surface area contributed by atoms with Gasteiger partial charge < -0.3 is 16.8 Å². The molecule has 1 rings (SSSR count). The minimum Gasteiger partial charge on any atom is -0.369 e. The smallest absolute Gasteiger partial charge is 0.221 e. The molecule has 0 aromatic heterocycles. The molecule has 0 aromatic carbocycles. The van der Waals surface area contributed by atoms with Gasteiger partial charge in [0.25, 0.3) is 0 Å². The summed E-state index contributed by atoms with van der Waals surface area (Å²) in [5, 5.41) is 3.31. The number of nitrogens with two attached hydrogens (primary N) is 2. The third-order valence-electron chi connectivity index (χ3n) is 3.33. The molecule has 5 nitrogen and oxygen atoms in total. The summed E-state index contributed by atoms with van der Waals surface area (Å²) < 4.78 is 0. The van der Waals surface area contributed by atoms with Crippen LogP contribution in [0.4, 0.5) is 0 Å². The summed E-state index contributed by atoms with van der Waals surface area (Å²) in [5.41, 5.74) is 10.4. The summed E-state index contributed by atoms with van der Waals surface area (Å²) in [6, 6.07) is 0.386. The zero-order valence-electron chi connectivity index (χ0n) is 9.74. The van der Waals surface area contributed by atoms with Gasteiger partial charge in [-0.15, -0.1) is 0 Å². The van der Waals surface area contributed by atoms with Crippen LogP contribution < -0.4 is 16.8 Å². The van der Waals surface area contributed by atoms with Gasteiger partial charge in [0.15, 0.2) is 0 Å². The average Bonchev–Trinajstić information content (AvgIpc) is 2.26. The molecule has 16 heavy (non-hydrogen) atoms. The fraction of sp³-hybridized carbons (Fsp3) is 0.818. The maximum absolute atomic E-state index is 11.0. The Bertz CT molecular complexity index is 260. The van der Waals surface area contributed by atoms with Gasteiger partial charge in [-0.2, -0.15) is 0 Å². The molecular weight excluding hydrogens is 206 g/mol. The summed E-state index contributed by atoms with van der Waals surface area (Å²) >= 11 is 0. The molecule has 5 heteroatoms. The van der Waals surface area contributed by atoms with Crippen molar-refractivity contribution in [3.63, 3.8) is 0 Å². The maximum Gasteiger partial charge on any atom is 0.221 e. The van der Waals surface area contributed by atoms with Gasteiger partial charge in [-0.05, 0) is 25.7 Å². The Kier molecular flexibility index (Phi) is 4.73. The Morgan fingerprint density at radius 2 is 1.81 bits per heavy atom. The molecule has 1 atom stereocenters. The van der Waals surface area contributed by atoms with Crippen LogP contribution in [0.25, 0.3) is 0 Å². The molecule has 1 fully saturated rings. The van der Waals surface area contributed by atoms with Gasteiger partial charge in [0.2, 0.25) is 11.8 Å². The van der Waals surface area contributed by atoms with Crippen molar-refractivity contribution in [2.45, 2.75) is 38.6 Å². The van der Waals surface area contributed by atoms with Crippen LogP contribution in [0.3, 0.4) is 0 Å². The van der Waals surface area contributed by atoms with Crippen LogP contribution in [0.15, 0.2) is 0 Å². The van der Waals surface area contributed by atoms with E-state index in [9.17, 15) is 9.59 Å². The second-order valence-electron chi connectivity index (χ2n) is 4.66. The van der Waals surface area contributed by atoms with E-state index in [0.29, 0.717) is 12.6 Å². The molecule has 0 heterocycles. The van der Waals surface area contributed by atoms with E-state index < -0.39 is 0 Å². The van der Waals surface area contributed by atoms with Gasteiger partial charge in [-0.1, -0.05) is 6.92 Å². The van der Waals surface area contributed by atoms with Gasteiger partial charge in [0.1, 0.15) is 0 Å². The molecule has 0 bridgehead atoms. The third kappa shape index (κ3) is 3.81. The number of carbonyl (C=O) groups is 2. The van der Waals surface area contributed by atoms with Crippen molar-refractivity contribution in [3.8, 4) is 0 Å². The number of carbonyl (C=O) groups excluding carboxylic acids is 2. The minimum atomic E-state index is -0.279. The van der Waals surface area contributed by atoms with E-state index in [0.717, 1.165) is 25.7 Å². The van der Waals surface area contributed by atoms with E-state index in [-0.39, 0.29) is 23.7 Å². The third-order valence-corrected chi connectivity index (χ3v) is 3.33. The highest BCUT2D eigenvalue weighted by molar-refractivity contribution is 5.77. The Morgan fingerprint density at radius 3 is 2.25 bits per heavy atom. The van der Waals surface area contributed by atoms with Gasteiger partial charge in [-0.25, -0.2) is 0 Å². The lowest BCUT2D eigenvalue weighted by molar-refractivity contribution is -0.122. The van der Waals surface area contributed by atoms with Gasteiger partial charge in [0, 0.05) is 24.4 Å². The second-order valence-corrected chi connectivity index (χ2v) is 4.66. The van der Waals surface area contributed by atoms with Crippen molar-refractivity contribution in [1.82, 2.24) is 5.32 Å². The summed E-state index contributed by atoms with van der Waals surface area (Å²) in [6.45, 7) is 2.42. The molecule has 0 aliphatic heterocycles. The highest BCUT2D eigenvalue weighted by Gasteiger charge is 2.24. The molecule has 2 amide bonds. The van der Waals surface area contributed by atoms with E-state index >= 15 is 0 Å². The van der Waals surface area contributed by atoms with Crippen molar-refractivity contribution in [2.24, 2.45) is 23.3 Å². The molecule has 0 radical (unpaired) electrons. The normalized spacial score (nSPS) is 27.3. The van der Waals surface area contributed by atoms with Crippen molar-refractivity contribution in [1.29, 1.82) is 0 Å². The zero-order chi connectivity index (χ0) is 12.1. The topological polar surface area (TPSA) is 98.2 Å². The number of amides is 2. The largest absolute Gasteiger partial charge is 0.369 e. The highest BCUT2D eigenvalue weighted by Crippen LogP contribution is 2.23. The number of primary amides is 2. The summed E-state index contributed by atoms with van der Waals surface area (Å²) in [5.74, 6) is -0.581. The van der Waals surface area contributed by atoms with Crippen LogP contribution in [0.5, 0.6) is 0 Å². The first-order valence-electron chi connectivity index (χ1n) is 5.82. The standard InChI is InChI=1S/C11H21N3O2/c1-7(10(12)15)6-14-9-4-2-8(3-5-9)11(13)16/h7-9,14H,2-6H2,1H3,(H2,12,15)(H2,13,16). The van der Waals surface area contributed by atoms with Crippen molar-refractivity contribution in [3.05, 3.63) is 0 Å². The molecule has 0 spiro atoms. The van der Waals surface area contributed by atoms with Gasteiger partial charge in [-0.3, -0.25) is 9.59 Å². The summed E-state index contributed by atoms with van der Waals surface area (Å²) in [7, 11) is 0. The predicted octanol–water partition coefficient (Wildman–Crippen LogP) is -0.258. The maximum atomic E-state index is 11.0. The Hall–Kier alpha value is -1.10. The van der Waals surface area contributed by atoms with Gasteiger partial charge in [0.05, 0.1) is 0 Å². The van der Waals surface area contributed by atoms with E-state index in [1.165, 1.54) is 0 Å². The molecule has 5 N–H and O–H groups in total. The monoisotopic (exact) mass is 227 g/mol. The first kappa shape index (κ1) is 13.0. The number of nitrogens with one attached hydrogen (secondary N) is 1. The Morgan fingerprint density at radius 1 is 1.25 bits per heavy atom. The molecule has 0 aromatic rings. The van der Waals surface area contributed by atoms with Gasteiger partial charge >= 0.3 is 0 Å². The fourth-order valence-electron chi connectivity index (χ4n) is 2.03. The van der Waals surface area contributed by atoms with Crippen LogP contribution in [-0.4, -0.2) is 24.4 Å². The summed E-state index contributed by atoms with van der Waals surface area (Å²) in [6.07, 6.45) is 3.58. The number of rotatable bonds is 5. The molecule has 0 saturated heterocycles. The van der Waals surface area contributed by atoms with Crippen molar-refractivity contribution >= 4 is 11.8 Å². The lowest BCUT2D eigenvalue weighted by atomic mass is 9.85. The minimum absolute atomic E-state index is 0.0339. The number of hydrogen-bond donors (Lipinski definition) is 3. The summed E-state index contributed by atoms with van der Waals surface area (Å²) in [4.78, 5) is 21.8.